The fourth-order valence-corrected chi connectivity index (χ4v) is 2.85. The molecule has 0 spiro atoms. The van der Waals surface area contributed by atoms with Gasteiger partial charge in [-0.1, -0.05) is 40.0 Å². The van der Waals surface area contributed by atoms with Crippen molar-refractivity contribution in [1.82, 2.24) is 25.5 Å². The Morgan fingerprint density at radius 3 is 2.53 bits per heavy atom. The van der Waals surface area contributed by atoms with Gasteiger partial charge in [0.2, 0.25) is 0 Å². The van der Waals surface area contributed by atoms with E-state index in [0.717, 1.165) is 30.7 Å². The number of nitrogens with one attached hydrogen (secondary N) is 1. The molecule has 5 heteroatoms. The van der Waals surface area contributed by atoms with Crippen molar-refractivity contribution >= 4 is 0 Å². The number of hydrogen-bond acceptors (Lipinski definition) is 4. The number of hydrogen-bond donors (Lipinski definition) is 1. The predicted octanol–water partition coefficient (Wildman–Crippen LogP) is 2.39. The maximum absolute atomic E-state index is 4.14. The van der Waals surface area contributed by atoms with Crippen LogP contribution in [0.4, 0.5) is 0 Å². The Hall–Kier alpha value is -0.970. The molecule has 1 N–H and O–H groups in total. The topological polar surface area (TPSA) is 55.6 Å². The van der Waals surface area contributed by atoms with Crippen molar-refractivity contribution in [1.29, 1.82) is 0 Å². The SMILES string of the molecule is CCC1CCC(Cn2nnnc2CNC(C)C)CC1. The van der Waals surface area contributed by atoms with E-state index in [0.29, 0.717) is 6.04 Å². The molecule has 0 atom stereocenters. The fourth-order valence-electron chi connectivity index (χ4n) is 2.85. The van der Waals surface area contributed by atoms with Crippen molar-refractivity contribution < 1.29 is 0 Å². The van der Waals surface area contributed by atoms with Crippen LogP contribution in [0.5, 0.6) is 0 Å². The van der Waals surface area contributed by atoms with E-state index in [1.165, 1.54) is 32.1 Å². The Kier molecular flexibility index (Phi) is 5.31. The molecule has 19 heavy (non-hydrogen) atoms. The normalized spacial score (nSPS) is 24.0. The Balaban J connectivity index is 1.84. The molecule has 1 fully saturated rings. The zero-order valence-electron chi connectivity index (χ0n) is 12.5. The first kappa shape index (κ1) is 14.4. The maximum Gasteiger partial charge on any atom is 0.165 e. The molecule has 5 nitrogen and oxygen atoms in total. The Bertz CT molecular complexity index is 366. The summed E-state index contributed by atoms with van der Waals surface area (Å²) >= 11 is 0. The molecular formula is C14H27N5. The second-order valence-corrected chi connectivity index (χ2v) is 6.11. The van der Waals surface area contributed by atoms with Crippen molar-refractivity contribution in [3.05, 3.63) is 5.82 Å². The number of nitrogens with zero attached hydrogens (tertiary/aromatic N) is 4. The van der Waals surface area contributed by atoms with Crippen molar-refractivity contribution in [2.45, 2.75) is 72.0 Å². The molecule has 0 unspecified atom stereocenters. The van der Waals surface area contributed by atoms with E-state index < -0.39 is 0 Å². The lowest BCUT2D eigenvalue weighted by atomic mass is 9.81. The van der Waals surface area contributed by atoms with Crippen LogP contribution in [0.2, 0.25) is 0 Å². The van der Waals surface area contributed by atoms with Crippen LogP contribution in [0.1, 0.15) is 58.7 Å². The monoisotopic (exact) mass is 265 g/mol. The maximum atomic E-state index is 4.14. The van der Waals surface area contributed by atoms with E-state index in [-0.39, 0.29) is 0 Å². The third-order valence-electron chi connectivity index (χ3n) is 4.25. The van der Waals surface area contributed by atoms with E-state index >= 15 is 0 Å². The number of rotatable bonds is 6. The van der Waals surface area contributed by atoms with Gasteiger partial charge in [-0.05, 0) is 35.1 Å². The summed E-state index contributed by atoms with van der Waals surface area (Å²) in [5.41, 5.74) is 0. The molecule has 1 aliphatic rings. The molecule has 1 aliphatic carbocycles. The highest BCUT2D eigenvalue weighted by Crippen LogP contribution is 2.31. The molecule has 1 heterocycles. The van der Waals surface area contributed by atoms with Crippen molar-refractivity contribution in [2.24, 2.45) is 11.8 Å². The van der Waals surface area contributed by atoms with E-state index in [2.05, 4.69) is 41.6 Å². The van der Waals surface area contributed by atoms with Gasteiger partial charge in [0, 0.05) is 12.6 Å². The third kappa shape index (κ3) is 4.27. The first-order valence-corrected chi connectivity index (χ1v) is 7.67. The number of tetrazole rings is 1. The summed E-state index contributed by atoms with van der Waals surface area (Å²) in [6, 6.07) is 0.463. The van der Waals surface area contributed by atoms with Gasteiger partial charge in [-0.15, -0.1) is 5.10 Å². The molecule has 0 saturated heterocycles. The lowest BCUT2D eigenvalue weighted by Gasteiger charge is -2.27. The van der Waals surface area contributed by atoms with Crippen LogP contribution >= 0.6 is 0 Å². The molecule has 0 radical (unpaired) electrons. The average molecular weight is 265 g/mol. The van der Waals surface area contributed by atoms with Gasteiger partial charge in [0.05, 0.1) is 6.54 Å². The summed E-state index contributed by atoms with van der Waals surface area (Å²) < 4.78 is 1.99. The lowest BCUT2D eigenvalue weighted by Crippen LogP contribution is -2.26. The van der Waals surface area contributed by atoms with Gasteiger partial charge in [-0.25, -0.2) is 4.68 Å². The average Bonchev–Trinajstić information content (AvgIpc) is 2.84. The Morgan fingerprint density at radius 2 is 1.89 bits per heavy atom. The van der Waals surface area contributed by atoms with E-state index in [9.17, 15) is 0 Å². The highest BCUT2D eigenvalue weighted by molar-refractivity contribution is 4.82. The molecule has 0 bridgehead atoms. The third-order valence-corrected chi connectivity index (χ3v) is 4.25. The van der Waals surface area contributed by atoms with Gasteiger partial charge >= 0.3 is 0 Å². The minimum Gasteiger partial charge on any atom is -0.308 e. The summed E-state index contributed by atoms with van der Waals surface area (Å²) in [5.74, 6) is 2.67. The molecule has 1 saturated carbocycles. The predicted molar refractivity (Wildman–Crippen MR) is 75.5 cm³/mol. The fraction of sp³-hybridized carbons (Fsp3) is 0.929. The Labute approximate surface area is 116 Å². The first-order chi connectivity index (χ1) is 9.19. The first-order valence-electron chi connectivity index (χ1n) is 7.67. The molecule has 0 aliphatic heterocycles. The largest absolute Gasteiger partial charge is 0.308 e. The minimum absolute atomic E-state index is 0.463. The summed E-state index contributed by atoms with van der Waals surface area (Å²) in [4.78, 5) is 0. The summed E-state index contributed by atoms with van der Waals surface area (Å²) in [5, 5.41) is 15.5. The van der Waals surface area contributed by atoms with E-state index in [4.69, 9.17) is 0 Å². The molecule has 108 valence electrons. The molecule has 2 rings (SSSR count). The second kappa shape index (κ2) is 6.98. The summed E-state index contributed by atoms with van der Waals surface area (Å²) in [7, 11) is 0. The van der Waals surface area contributed by atoms with Crippen molar-refractivity contribution in [2.75, 3.05) is 0 Å². The van der Waals surface area contributed by atoms with Gasteiger partial charge in [-0.3, -0.25) is 0 Å². The summed E-state index contributed by atoms with van der Waals surface area (Å²) in [6.07, 6.45) is 6.75. The van der Waals surface area contributed by atoms with Crippen LogP contribution in [-0.2, 0) is 13.1 Å². The second-order valence-electron chi connectivity index (χ2n) is 6.11. The molecule has 0 aromatic carbocycles. The number of aromatic nitrogens is 4. The van der Waals surface area contributed by atoms with Crippen molar-refractivity contribution in [3.63, 3.8) is 0 Å². The van der Waals surface area contributed by atoms with Crippen LogP contribution < -0.4 is 5.32 Å². The smallest absolute Gasteiger partial charge is 0.165 e. The quantitative estimate of drug-likeness (QED) is 0.858. The van der Waals surface area contributed by atoms with E-state index in [1.54, 1.807) is 0 Å². The lowest BCUT2D eigenvalue weighted by molar-refractivity contribution is 0.238. The summed E-state index contributed by atoms with van der Waals surface area (Å²) in [6.45, 7) is 8.33. The van der Waals surface area contributed by atoms with Crippen LogP contribution in [-0.4, -0.2) is 26.2 Å². The van der Waals surface area contributed by atoms with Crippen LogP contribution in [0.15, 0.2) is 0 Å². The van der Waals surface area contributed by atoms with Crippen molar-refractivity contribution in [3.8, 4) is 0 Å². The molecule has 0 amide bonds. The zero-order chi connectivity index (χ0) is 13.7. The minimum atomic E-state index is 0.463. The van der Waals surface area contributed by atoms with Gasteiger partial charge < -0.3 is 5.32 Å². The highest BCUT2D eigenvalue weighted by Gasteiger charge is 2.21. The highest BCUT2D eigenvalue weighted by atomic mass is 15.5. The molecule has 1 aromatic heterocycles. The van der Waals surface area contributed by atoms with Crippen LogP contribution in [0, 0.1) is 11.8 Å². The van der Waals surface area contributed by atoms with Gasteiger partial charge in [0.25, 0.3) is 0 Å². The Morgan fingerprint density at radius 1 is 1.21 bits per heavy atom. The standard InChI is InChI=1S/C14H27N5/c1-4-12-5-7-13(8-6-12)10-19-14(16-17-18-19)9-15-11(2)3/h11-13,15H,4-10H2,1-3H3. The van der Waals surface area contributed by atoms with E-state index in [1.807, 2.05) is 4.68 Å². The zero-order valence-corrected chi connectivity index (χ0v) is 12.5. The van der Waals surface area contributed by atoms with Gasteiger partial charge in [0.15, 0.2) is 5.82 Å². The van der Waals surface area contributed by atoms with Gasteiger partial charge in [0.1, 0.15) is 0 Å². The molecule has 1 aromatic rings. The van der Waals surface area contributed by atoms with Gasteiger partial charge in [-0.2, -0.15) is 0 Å². The molecular weight excluding hydrogens is 238 g/mol. The van der Waals surface area contributed by atoms with Crippen LogP contribution in [0.3, 0.4) is 0 Å². The van der Waals surface area contributed by atoms with Crippen LogP contribution in [0.25, 0.3) is 0 Å².